The summed E-state index contributed by atoms with van der Waals surface area (Å²) < 4.78 is 5.64. The van der Waals surface area contributed by atoms with E-state index in [1.165, 1.54) is 16.9 Å². The zero-order valence-electron chi connectivity index (χ0n) is 15.2. The van der Waals surface area contributed by atoms with Crippen molar-refractivity contribution in [3.8, 4) is 5.75 Å². The standard InChI is InChI=1S/C20H24N2O3S/c1-14-5-6-17(12-15(14)2)25-13-19(23)22-9-7-16(8-10-22)21-20(24)18-4-3-11-26-18/h3-6,11-12,16H,7-10,13H2,1-2H3,(H,21,24). The molecule has 1 saturated heterocycles. The van der Waals surface area contributed by atoms with E-state index in [1.54, 1.807) is 0 Å². The molecule has 1 aliphatic rings. The second-order valence-electron chi connectivity index (χ2n) is 6.64. The van der Waals surface area contributed by atoms with Gasteiger partial charge in [-0.05, 0) is 61.4 Å². The first-order chi connectivity index (χ1) is 12.5. The van der Waals surface area contributed by atoms with Crippen molar-refractivity contribution in [2.24, 2.45) is 0 Å². The summed E-state index contributed by atoms with van der Waals surface area (Å²) in [4.78, 5) is 27.0. The maximum atomic E-state index is 12.4. The molecule has 1 aromatic carbocycles. The van der Waals surface area contributed by atoms with Crippen molar-refractivity contribution in [2.45, 2.75) is 32.7 Å². The van der Waals surface area contributed by atoms with Gasteiger partial charge in [-0.15, -0.1) is 11.3 Å². The van der Waals surface area contributed by atoms with Gasteiger partial charge in [0.2, 0.25) is 0 Å². The van der Waals surface area contributed by atoms with Gasteiger partial charge in [0.25, 0.3) is 11.8 Å². The molecule has 1 aromatic heterocycles. The molecule has 26 heavy (non-hydrogen) atoms. The average Bonchev–Trinajstić information content (AvgIpc) is 3.18. The van der Waals surface area contributed by atoms with Crippen LogP contribution < -0.4 is 10.1 Å². The van der Waals surface area contributed by atoms with Crippen molar-refractivity contribution in [1.82, 2.24) is 10.2 Å². The van der Waals surface area contributed by atoms with E-state index in [9.17, 15) is 9.59 Å². The SMILES string of the molecule is Cc1ccc(OCC(=O)N2CCC(NC(=O)c3cccs3)CC2)cc1C. The van der Waals surface area contributed by atoms with E-state index in [1.807, 2.05) is 54.5 Å². The molecule has 0 bridgehead atoms. The Labute approximate surface area is 158 Å². The molecular weight excluding hydrogens is 348 g/mol. The van der Waals surface area contributed by atoms with Crippen molar-refractivity contribution in [3.05, 3.63) is 51.7 Å². The molecule has 0 saturated carbocycles. The van der Waals surface area contributed by atoms with E-state index in [0.29, 0.717) is 13.1 Å². The van der Waals surface area contributed by atoms with Gasteiger partial charge in [0.15, 0.2) is 6.61 Å². The third-order valence-electron chi connectivity index (χ3n) is 4.77. The number of carbonyl (C=O) groups excluding carboxylic acids is 2. The van der Waals surface area contributed by atoms with E-state index in [0.717, 1.165) is 29.0 Å². The van der Waals surface area contributed by atoms with Crippen LogP contribution in [0.4, 0.5) is 0 Å². The fraction of sp³-hybridized carbons (Fsp3) is 0.400. The number of ether oxygens (including phenoxy) is 1. The summed E-state index contributed by atoms with van der Waals surface area (Å²) in [5.41, 5.74) is 2.35. The summed E-state index contributed by atoms with van der Waals surface area (Å²) in [6, 6.07) is 9.65. The number of thiophene rings is 1. The lowest BCUT2D eigenvalue weighted by Gasteiger charge is -2.32. The molecule has 2 aromatic rings. The Kier molecular flexibility index (Phi) is 5.93. The third kappa shape index (κ3) is 4.64. The summed E-state index contributed by atoms with van der Waals surface area (Å²) in [5, 5.41) is 4.95. The molecule has 2 heterocycles. The number of rotatable bonds is 5. The van der Waals surface area contributed by atoms with Crippen LogP contribution in [-0.4, -0.2) is 42.5 Å². The normalized spacial score (nSPS) is 14.9. The number of nitrogens with zero attached hydrogens (tertiary/aromatic N) is 1. The lowest BCUT2D eigenvalue weighted by molar-refractivity contribution is -0.134. The number of nitrogens with one attached hydrogen (secondary N) is 1. The van der Waals surface area contributed by atoms with Gasteiger partial charge in [-0.1, -0.05) is 12.1 Å². The number of benzene rings is 1. The summed E-state index contributed by atoms with van der Waals surface area (Å²) in [5.74, 6) is 0.689. The monoisotopic (exact) mass is 372 g/mol. The molecule has 3 rings (SSSR count). The van der Waals surface area contributed by atoms with Crippen LogP contribution in [-0.2, 0) is 4.79 Å². The Balaban J connectivity index is 1.43. The minimum Gasteiger partial charge on any atom is -0.484 e. The molecule has 0 unspecified atom stereocenters. The van der Waals surface area contributed by atoms with Crippen molar-refractivity contribution < 1.29 is 14.3 Å². The predicted octanol–water partition coefficient (Wildman–Crippen LogP) is 3.16. The maximum absolute atomic E-state index is 12.4. The fourth-order valence-electron chi connectivity index (χ4n) is 2.98. The van der Waals surface area contributed by atoms with Crippen LogP contribution in [0.5, 0.6) is 5.75 Å². The smallest absolute Gasteiger partial charge is 0.261 e. The number of aryl methyl sites for hydroxylation is 2. The first-order valence-electron chi connectivity index (χ1n) is 8.85. The van der Waals surface area contributed by atoms with E-state index in [2.05, 4.69) is 5.32 Å². The van der Waals surface area contributed by atoms with Crippen LogP contribution in [0.2, 0.25) is 0 Å². The van der Waals surface area contributed by atoms with Crippen LogP contribution in [0.3, 0.4) is 0 Å². The molecule has 0 atom stereocenters. The maximum Gasteiger partial charge on any atom is 0.261 e. The number of likely N-dealkylation sites (tertiary alicyclic amines) is 1. The Hall–Kier alpha value is -2.34. The Morgan fingerprint density at radius 2 is 1.96 bits per heavy atom. The number of piperidine rings is 1. The van der Waals surface area contributed by atoms with Gasteiger partial charge in [-0.25, -0.2) is 0 Å². The summed E-state index contributed by atoms with van der Waals surface area (Å²) in [6.45, 7) is 5.41. The van der Waals surface area contributed by atoms with E-state index >= 15 is 0 Å². The highest BCUT2D eigenvalue weighted by atomic mass is 32.1. The highest BCUT2D eigenvalue weighted by molar-refractivity contribution is 7.12. The second kappa shape index (κ2) is 8.36. The Morgan fingerprint density at radius 3 is 2.62 bits per heavy atom. The first kappa shape index (κ1) is 18.5. The molecule has 1 fully saturated rings. The average molecular weight is 372 g/mol. The van der Waals surface area contributed by atoms with Crippen LogP contribution in [0.15, 0.2) is 35.7 Å². The second-order valence-corrected chi connectivity index (χ2v) is 7.59. The zero-order chi connectivity index (χ0) is 18.5. The number of hydrogen-bond donors (Lipinski definition) is 1. The first-order valence-corrected chi connectivity index (χ1v) is 9.73. The molecular formula is C20H24N2O3S. The zero-order valence-corrected chi connectivity index (χ0v) is 16.0. The van der Waals surface area contributed by atoms with Crippen LogP contribution in [0, 0.1) is 13.8 Å². The van der Waals surface area contributed by atoms with Gasteiger partial charge >= 0.3 is 0 Å². The summed E-state index contributed by atoms with van der Waals surface area (Å²) in [6.07, 6.45) is 1.54. The van der Waals surface area contributed by atoms with Gasteiger partial charge < -0.3 is 15.0 Å². The highest BCUT2D eigenvalue weighted by Crippen LogP contribution is 2.17. The number of hydrogen-bond acceptors (Lipinski definition) is 4. The van der Waals surface area contributed by atoms with Gasteiger partial charge in [0, 0.05) is 19.1 Å². The lowest BCUT2D eigenvalue weighted by Crippen LogP contribution is -2.47. The third-order valence-corrected chi connectivity index (χ3v) is 5.64. The van der Waals surface area contributed by atoms with Gasteiger partial charge in [0.1, 0.15) is 5.75 Å². The minimum absolute atomic E-state index is 0.00809. The molecule has 0 spiro atoms. The van der Waals surface area contributed by atoms with E-state index < -0.39 is 0 Å². The summed E-state index contributed by atoms with van der Waals surface area (Å²) in [7, 11) is 0. The lowest BCUT2D eigenvalue weighted by atomic mass is 10.0. The minimum atomic E-state index is -0.0251. The number of carbonyl (C=O) groups is 2. The Bertz CT molecular complexity index is 765. The molecule has 0 radical (unpaired) electrons. The fourth-order valence-corrected chi connectivity index (χ4v) is 3.60. The summed E-state index contributed by atoms with van der Waals surface area (Å²) >= 11 is 1.44. The van der Waals surface area contributed by atoms with Crippen molar-refractivity contribution in [1.29, 1.82) is 0 Å². The molecule has 138 valence electrons. The van der Waals surface area contributed by atoms with Crippen molar-refractivity contribution in [2.75, 3.05) is 19.7 Å². The largest absolute Gasteiger partial charge is 0.484 e. The molecule has 5 nitrogen and oxygen atoms in total. The van der Waals surface area contributed by atoms with E-state index in [4.69, 9.17) is 4.74 Å². The Morgan fingerprint density at radius 1 is 1.19 bits per heavy atom. The molecule has 1 aliphatic heterocycles. The predicted molar refractivity (Wildman–Crippen MR) is 103 cm³/mol. The molecule has 1 N–H and O–H groups in total. The number of amides is 2. The van der Waals surface area contributed by atoms with Gasteiger partial charge in [-0.2, -0.15) is 0 Å². The van der Waals surface area contributed by atoms with Crippen LogP contribution >= 0.6 is 11.3 Å². The topological polar surface area (TPSA) is 58.6 Å². The van der Waals surface area contributed by atoms with Crippen molar-refractivity contribution in [3.63, 3.8) is 0 Å². The van der Waals surface area contributed by atoms with Gasteiger partial charge in [-0.3, -0.25) is 9.59 Å². The van der Waals surface area contributed by atoms with Gasteiger partial charge in [0.05, 0.1) is 4.88 Å². The molecule has 6 heteroatoms. The van der Waals surface area contributed by atoms with Crippen molar-refractivity contribution >= 4 is 23.2 Å². The van der Waals surface area contributed by atoms with Crippen LogP contribution in [0.1, 0.15) is 33.6 Å². The molecule has 0 aliphatic carbocycles. The van der Waals surface area contributed by atoms with Crippen LogP contribution in [0.25, 0.3) is 0 Å². The quantitative estimate of drug-likeness (QED) is 0.877. The molecule has 2 amide bonds. The highest BCUT2D eigenvalue weighted by Gasteiger charge is 2.24. The van der Waals surface area contributed by atoms with E-state index in [-0.39, 0.29) is 24.5 Å².